The van der Waals surface area contributed by atoms with Gasteiger partial charge in [0.15, 0.2) is 5.75 Å². The molecule has 3 aromatic rings. The van der Waals surface area contributed by atoms with Crippen LogP contribution in [0.25, 0.3) is 0 Å². The second-order valence-electron chi connectivity index (χ2n) is 6.08. The van der Waals surface area contributed by atoms with Crippen LogP contribution in [0.2, 0.25) is 0 Å². The molecule has 0 saturated carbocycles. The van der Waals surface area contributed by atoms with E-state index in [4.69, 9.17) is 9.47 Å². The molecule has 1 fully saturated rings. The number of benzene rings is 3. The number of anilines is 1. The number of amides is 1. The van der Waals surface area contributed by atoms with Crippen molar-refractivity contribution in [2.45, 2.75) is 5.37 Å². The van der Waals surface area contributed by atoms with Crippen molar-refractivity contribution in [3.8, 4) is 17.2 Å². The molecule has 4 rings (SSSR count). The lowest BCUT2D eigenvalue weighted by atomic mass is 10.1. The summed E-state index contributed by atoms with van der Waals surface area (Å²) in [5, 5.41) is -0.0936. The van der Waals surface area contributed by atoms with Crippen LogP contribution >= 0.6 is 11.8 Å². The largest absolute Gasteiger partial charge is 0.497 e. The predicted molar refractivity (Wildman–Crippen MR) is 109 cm³/mol. The third-order valence-corrected chi connectivity index (χ3v) is 5.58. The Morgan fingerprint density at radius 1 is 0.889 bits per heavy atom. The molecule has 0 aliphatic carbocycles. The summed E-state index contributed by atoms with van der Waals surface area (Å²) in [6.07, 6.45) is 0. The SMILES string of the molecule is COc1ccc([C@H]2SCC(=O)N2c2ccccc2Oc2ccccc2)cc1. The van der Waals surface area contributed by atoms with E-state index >= 15 is 0 Å². The van der Waals surface area contributed by atoms with Gasteiger partial charge in [0.1, 0.15) is 16.9 Å². The Kier molecular flexibility index (Phi) is 5.03. The van der Waals surface area contributed by atoms with Crippen LogP contribution in [0.5, 0.6) is 17.2 Å². The van der Waals surface area contributed by atoms with Crippen LogP contribution in [0.3, 0.4) is 0 Å². The maximum atomic E-state index is 12.7. The van der Waals surface area contributed by atoms with Crippen LogP contribution in [-0.4, -0.2) is 18.8 Å². The van der Waals surface area contributed by atoms with Crippen molar-refractivity contribution in [2.24, 2.45) is 0 Å². The molecule has 1 aliphatic rings. The number of carbonyl (C=O) groups is 1. The summed E-state index contributed by atoms with van der Waals surface area (Å²) in [6, 6.07) is 25.1. The Balaban J connectivity index is 1.69. The second kappa shape index (κ2) is 7.76. The van der Waals surface area contributed by atoms with Crippen LogP contribution in [0.4, 0.5) is 5.69 Å². The van der Waals surface area contributed by atoms with E-state index in [9.17, 15) is 4.79 Å². The molecule has 27 heavy (non-hydrogen) atoms. The zero-order valence-electron chi connectivity index (χ0n) is 14.9. The Morgan fingerprint density at radius 2 is 1.59 bits per heavy atom. The average molecular weight is 377 g/mol. The number of methoxy groups -OCH3 is 1. The predicted octanol–water partition coefficient (Wildman–Crippen LogP) is 5.27. The van der Waals surface area contributed by atoms with Gasteiger partial charge in [0.05, 0.1) is 18.6 Å². The molecule has 136 valence electrons. The van der Waals surface area contributed by atoms with Crippen LogP contribution < -0.4 is 14.4 Å². The van der Waals surface area contributed by atoms with Crippen LogP contribution in [-0.2, 0) is 4.79 Å². The highest BCUT2D eigenvalue weighted by Gasteiger charge is 2.35. The van der Waals surface area contributed by atoms with E-state index in [-0.39, 0.29) is 11.3 Å². The molecular formula is C22H19NO3S. The maximum absolute atomic E-state index is 12.7. The maximum Gasteiger partial charge on any atom is 0.238 e. The summed E-state index contributed by atoms with van der Waals surface area (Å²) in [5.41, 5.74) is 1.83. The quantitative estimate of drug-likeness (QED) is 0.607. The van der Waals surface area contributed by atoms with E-state index in [2.05, 4.69) is 0 Å². The van der Waals surface area contributed by atoms with Gasteiger partial charge in [-0.05, 0) is 42.0 Å². The van der Waals surface area contributed by atoms with Crippen molar-refractivity contribution >= 4 is 23.4 Å². The highest BCUT2D eigenvalue weighted by Crippen LogP contribution is 2.45. The third-order valence-electron chi connectivity index (χ3n) is 4.36. The summed E-state index contributed by atoms with van der Waals surface area (Å²) in [6.45, 7) is 0. The van der Waals surface area contributed by atoms with E-state index in [1.165, 1.54) is 0 Å². The van der Waals surface area contributed by atoms with E-state index in [0.29, 0.717) is 11.5 Å². The number of hydrogen-bond acceptors (Lipinski definition) is 4. The molecule has 1 heterocycles. The molecule has 5 heteroatoms. The number of rotatable bonds is 5. The summed E-state index contributed by atoms with van der Waals surface area (Å²) in [7, 11) is 1.65. The van der Waals surface area contributed by atoms with Gasteiger partial charge in [-0.15, -0.1) is 11.8 Å². The molecule has 0 spiro atoms. The van der Waals surface area contributed by atoms with Crippen LogP contribution in [0, 0.1) is 0 Å². The lowest BCUT2D eigenvalue weighted by Crippen LogP contribution is -2.28. The highest BCUT2D eigenvalue weighted by molar-refractivity contribution is 8.00. The van der Waals surface area contributed by atoms with E-state index < -0.39 is 0 Å². The van der Waals surface area contributed by atoms with Gasteiger partial charge in [-0.2, -0.15) is 0 Å². The fraction of sp³-hybridized carbons (Fsp3) is 0.136. The topological polar surface area (TPSA) is 38.8 Å². The molecule has 3 aromatic carbocycles. The molecule has 0 N–H and O–H groups in total. The molecule has 4 nitrogen and oxygen atoms in total. The Hall–Kier alpha value is -2.92. The lowest BCUT2D eigenvalue weighted by molar-refractivity contribution is -0.115. The van der Waals surface area contributed by atoms with Crippen molar-refractivity contribution in [3.63, 3.8) is 0 Å². The third kappa shape index (κ3) is 3.64. The number of para-hydroxylation sites is 3. The van der Waals surface area contributed by atoms with Crippen molar-refractivity contribution in [1.82, 2.24) is 0 Å². The number of hydrogen-bond donors (Lipinski definition) is 0. The summed E-state index contributed by atoms with van der Waals surface area (Å²) < 4.78 is 11.3. The van der Waals surface area contributed by atoms with Gasteiger partial charge in [0, 0.05) is 0 Å². The lowest BCUT2D eigenvalue weighted by Gasteiger charge is -2.26. The molecule has 1 aliphatic heterocycles. The van der Waals surface area contributed by atoms with Gasteiger partial charge < -0.3 is 9.47 Å². The van der Waals surface area contributed by atoms with Crippen molar-refractivity contribution < 1.29 is 14.3 Å². The fourth-order valence-electron chi connectivity index (χ4n) is 3.06. The van der Waals surface area contributed by atoms with Crippen molar-refractivity contribution in [3.05, 3.63) is 84.4 Å². The minimum atomic E-state index is -0.0936. The Labute approximate surface area is 162 Å². The first-order valence-corrected chi connectivity index (χ1v) is 9.70. The number of carbonyl (C=O) groups excluding carboxylic acids is 1. The first-order valence-electron chi connectivity index (χ1n) is 8.66. The fourth-order valence-corrected chi connectivity index (χ4v) is 4.23. The molecule has 1 saturated heterocycles. The van der Waals surface area contributed by atoms with Gasteiger partial charge in [0.2, 0.25) is 5.91 Å². The molecule has 0 radical (unpaired) electrons. The van der Waals surface area contributed by atoms with Gasteiger partial charge >= 0.3 is 0 Å². The highest BCUT2D eigenvalue weighted by atomic mass is 32.2. The van der Waals surface area contributed by atoms with E-state index in [0.717, 1.165) is 22.7 Å². The van der Waals surface area contributed by atoms with Crippen molar-refractivity contribution in [2.75, 3.05) is 17.8 Å². The van der Waals surface area contributed by atoms with Crippen LogP contribution in [0.15, 0.2) is 78.9 Å². The van der Waals surface area contributed by atoms with E-state index in [1.807, 2.05) is 83.8 Å². The average Bonchev–Trinajstić information content (AvgIpc) is 3.10. The monoisotopic (exact) mass is 377 g/mol. The van der Waals surface area contributed by atoms with Crippen molar-refractivity contribution in [1.29, 1.82) is 0 Å². The molecular weight excluding hydrogens is 358 g/mol. The van der Waals surface area contributed by atoms with Gasteiger partial charge in [-0.25, -0.2) is 0 Å². The summed E-state index contributed by atoms with van der Waals surface area (Å²) in [5.74, 6) is 2.72. The molecule has 0 bridgehead atoms. The Bertz CT molecular complexity index is 928. The first kappa shape index (κ1) is 17.5. The molecule has 1 amide bonds. The van der Waals surface area contributed by atoms with E-state index in [1.54, 1.807) is 18.9 Å². The van der Waals surface area contributed by atoms with Crippen LogP contribution in [0.1, 0.15) is 10.9 Å². The summed E-state index contributed by atoms with van der Waals surface area (Å²) >= 11 is 1.61. The number of thioether (sulfide) groups is 1. The molecule has 1 atom stereocenters. The summed E-state index contributed by atoms with van der Waals surface area (Å²) in [4.78, 5) is 14.5. The number of ether oxygens (including phenoxy) is 2. The zero-order chi connectivity index (χ0) is 18.6. The molecule has 0 aromatic heterocycles. The first-order chi connectivity index (χ1) is 13.3. The smallest absolute Gasteiger partial charge is 0.238 e. The minimum Gasteiger partial charge on any atom is -0.497 e. The Morgan fingerprint density at radius 3 is 2.33 bits per heavy atom. The minimum absolute atomic E-state index is 0.0740. The van der Waals surface area contributed by atoms with Gasteiger partial charge in [0.25, 0.3) is 0 Å². The van der Waals surface area contributed by atoms with Gasteiger partial charge in [-0.1, -0.05) is 42.5 Å². The molecule has 0 unspecified atom stereocenters. The zero-order valence-corrected chi connectivity index (χ0v) is 15.7. The standard InChI is InChI=1S/C22H19NO3S/c1-25-17-13-11-16(12-14-17)22-23(21(24)15-27-22)19-9-5-6-10-20(19)26-18-7-3-2-4-8-18/h2-14,22H,15H2,1H3/t22-/m1/s1. The second-order valence-corrected chi connectivity index (χ2v) is 7.15. The number of nitrogens with zero attached hydrogens (tertiary/aromatic N) is 1. The van der Waals surface area contributed by atoms with Gasteiger partial charge in [-0.3, -0.25) is 9.69 Å². The normalized spacial score (nSPS) is 16.4.